The molecule has 1 aliphatic rings. The van der Waals surface area contributed by atoms with Crippen LogP contribution in [0.1, 0.15) is 18.2 Å². The first-order valence-corrected chi connectivity index (χ1v) is 8.41. The Hall–Kier alpha value is -2.34. The summed E-state index contributed by atoms with van der Waals surface area (Å²) >= 11 is 0. The lowest BCUT2D eigenvalue weighted by molar-refractivity contribution is 0.0972. The second-order valence-electron chi connectivity index (χ2n) is 6.37. The highest BCUT2D eigenvalue weighted by Crippen LogP contribution is 2.13. The Balaban J connectivity index is 1.50. The Labute approximate surface area is 143 Å². The van der Waals surface area contributed by atoms with Gasteiger partial charge in [-0.3, -0.25) is 9.58 Å². The number of nitrogens with one attached hydrogen (secondary N) is 1. The number of hydrogen-bond donors (Lipinski definition) is 1. The van der Waals surface area contributed by atoms with Gasteiger partial charge in [-0.1, -0.05) is 30.3 Å². The summed E-state index contributed by atoms with van der Waals surface area (Å²) in [5, 5.41) is 7.12. The third-order valence-electron chi connectivity index (χ3n) is 4.56. The molecular weight excluding hydrogens is 302 g/mol. The third kappa shape index (κ3) is 3.94. The van der Waals surface area contributed by atoms with Crippen LogP contribution < -0.4 is 5.32 Å². The predicted molar refractivity (Wildman–Crippen MR) is 93.3 cm³/mol. The summed E-state index contributed by atoms with van der Waals surface area (Å²) in [5.41, 5.74) is 2.32. The van der Waals surface area contributed by atoms with Gasteiger partial charge in [-0.2, -0.15) is 5.10 Å². The van der Waals surface area contributed by atoms with Crippen molar-refractivity contribution in [1.29, 1.82) is 0 Å². The fourth-order valence-electron chi connectivity index (χ4n) is 3.16. The van der Waals surface area contributed by atoms with Crippen LogP contribution in [0, 0.1) is 0 Å². The molecular formula is C18H25N5O. The lowest BCUT2D eigenvalue weighted by atomic mass is 10.1. The Morgan fingerprint density at radius 1 is 1.25 bits per heavy atom. The molecule has 0 saturated carbocycles. The summed E-state index contributed by atoms with van der Waals surface area (Å²) in [4.78, 5) is 16.8. The van der Waals surface area contributed by atoms with Gasteiger partial charge in [-0.25, -0.2) is 4.79 Å². The molecule has 0 radical (unpaired) electrons. The Bertz CT molecular complexity index is 669. The second-order valence-corrected chi connectivity index (χ2v) is 6.37. The van der Waals surface area contributed by atoms with E-state index in [1.54, 1.807) is 10.9 Å². The van der Waals surface area contributed by atoms with Crippen LogP contribution >= 0.6 is 0 Å². The zero-order valence-electron chi connectivity index (χ0n) is 14.4. The molecule has 2 heterocycles. The molecule has 128 valence electrons. The van der Waals surface area contributed by atoms with Gasteiger partial charge in [0.15, 0.2) is 0 Å². The first-order chi connectivity index (χ1) is 11.6. The minimum absolute atomic E-state index is 0.00283. The van der Waals surface area contributed by atoms with Crippen LogP contribution in [-0.4, -0.2) is 51.3 Å². The van der Waals surface area contributed by atoms with E-state index in [2.05, 4.69) is 46.5 Å². The van der Waals surface area contributed by atoms with Crippen molar-refractivity contribution in [3.63, 3.8) is 0 Å². The number of urea groups is 1. The summed E-state index contributed by atoms with van der Waals surface area (Å²) < 4.78 is 1.78. The number of piperazine rings is 1. The molecule has 24 heavy (non-hydrogen) atoms. The minimum Gasteiger partial charge on any atom is -0.332 e. The van der Waals surface area contributed by atoms with E-state index in [1.807, 2.05) is 24.1 Å². The number of rotatable bonds is 4. The van der Waals surface area contributed by atoms with Crippen molar-refractivity contribution < 1.29 is 4.79 Å². The van der Waals surface area contributed by atoms with Crippen LogP contribution in [0.15, 0.2) is 42.6 Å². The maximum Gasteiger partial charge on any atom is 0.318 e. The summed E-state index contributed by atoms with van der Waals surface area (Å²) in [6, 6.07) is 12.6. The van der Waals surface area contributed by atoms with E-state index >= 15 is 0 Å². The zero-order chi connectivity index (χ0) is 16.9. The Morgan fingerprint density at radius 3 is 2.71 bits per heavy atom. The lowest BCUT2D eigenvalue weighted by Gasteiger charge is -2.39. The number of carbonyl (C=O) groups excluding carboxylic acids is 1. The molecule has 1 aromatic heterocycles. The van der Waals surface area contributed by atoms with E-state index < -0.39 is 0 Å². The maximum absolute atomic E-state index is 12.4. The molecule has 1 saturated heterocycles. The van der Waals surface area contributed by atoms with Gasteiger partial charge in [-0.15, -0.1) is 0 Å². The second kappa shape index (κ2) is 7.49. The molecule has 0 bridgehead atoms. The van der Waals surface area contributed by atoms with Crippen LogP contribution in [0.4, 0.5) is 4.79 Å². The van der Waals surface area contributed by atoms with Crippen molar-refractivity contribution >= 4 is 6.03 Å². The molecule has 0 spiro atoms. The average molecular weight is 327 g/mol. The molecule has 0 unspecified atom stereocenters. The van der Waals surface area contributed by atoms with Gasteiger partial charge in [-0.05, 0) is 18.6 Å². The molecule has 1 N–H and O–H groups in total. The van der Waals surface area contributed by atoms with Gasteiger partial charge in [0.25, 0.3) is 0 Å². The molecule has 1 aliphatic heterocycles. The van der Waals surface area contributed by atoms with E-state index in [-0.39, 0.29) is 12.1 Å². The van der Waals surface area contributed by atoms with Crippen LogP contribution in [0.2, 0.25) is 0 Å². The number of hydrogen-bond acceptors (Lipinski definition) is 3. The summed E-state index contributed by atoms with van der Waals surface area (Å²) in [5.74, 6) is 0. The minimum atomic E-state index is 0.00283. The topological polar surface area (TPSA) is 53.4 Å². The Kier molecular flexibility index (Phi) is 5.15. The number of aromatic nitrogens is 2. The van der Waals surface area contributed by atoms with Gasteiger partial charge in [0.1, 0.15) is 0 Å². The predicted octanol–water partition coefficient (Wildman–Crippen LogP) is 1.84. The van der Waals surface area contributed by atoms with Gasteiger partial charge in [0, 0.05) is 45.5 Å². The van der Waals surface area contributed by atoms with Crippen LogP contribution in [0.25, 0.3) is 0 Å². The highest BCUT2D eigenvalue weighted by atomic mass is 16.2. The van der Waals surface area contributed by atoms with Gasteiger partial charge in [0.2, 0.25) is 0 Å². The molecule has 1 aromatic carbocycles. The van der Waals surface area contributed by atoms with Crippen molar-refractivity contribution in [2.24, 2.45) is 7.05 Å². The quantitative estimate of drug-likeness (QED) is 0.932. The first kappa shape index (κ1) is 16.5. The smallest absolute Gasteiger partial charge is 0.318 e. The first-order valence-electron chi connectivity index (χ1n) is 8.41. The molecule has 6 heteroatoms. The largest absolute Gasteiger partial charge is 0.332 e. The number of nitrogens with zero attached hydrogens (tertiary/aromatic N) is 4. The lowest BCUT2D eigenvalue weighted by Crippen LogP contribution is -2.56. The molecule has 6 nitrogen and oxygen atoms in total. The molecule has 1 fully saturated rings. The monoisotopic (exact) mass is 327 g/mol. The van der Waals surface area contributed by atoms with Crippen molar-refractivity contribution in [1.82, 2.24) is 24.9 Å². The van der Waals surface area contributed by atoms with Gasteiger partial charge >= 0.3 is 6.03 Å². The van der Waals surface area contributed by atoms with E-state index in [0.717, 1.165) is 31.9 Å². The SMILES string of the molecule is C[C@@H]1CN(Cc2ccccc2)CCN1C(=O)NCc1ccnn1C. The highest BCUT2D eigenvalue weighted by molar-refractivity contribution is 5.74. The van der Waals surface area contributed by atoms with E-state index in [0.29, 0.717) is 6.54 Å². The Morgan fingerprint density at radius 2 is 2.04 bits per heavy atom. The third-order valence-corrected chi connectivity index (χ3v) is 4.56. The van der Waals surface area contributed by atoms with Crippen molar-refractivity contribution in [3.8, 4) is 0 Å². The van der Waals surface area contributed by atoms with Crippen LogP contribution in [-0.2, 0) is 20.1 Å². The standard InChI is InChI=1S/C18H25N5O/c1-15-13-22(14-16-6-4-3-5-7-16)10-11-23(15)18(24)19-12-17-8-9-20-21(17)2/h3-9,15H,10-14H2,1-2H3,(H,19,24)/t15-/m1/s1. The maximum atomic E-state index is 12.4. The van der Waals surface area contributed by atoms with Gasteiger partial charge in [0.05, 0.1) is 12.2 Å². The summed E-state index contributed by atoms with van der Waals surface area (Å²) in [7, 11) is 1.88. The number of carbonyl (C=O) groups is 1. The number of aryl methyl sites for hydroxylation is 1. The summed E-state index contributed by atoms with van der Waals surface area (Å²) in [6.07, 6.45) is 1.74. The molecule has 2 amide bonds. The molecule has 0 aliphatic carbocycles. The van der Waals surface area contributed by atoms with Crippen molar-refractivity contribution in [2.45, 2.75) is 26.1 Å². The van der Waals surface area contributed by atoms with E-state index in [4.69, 9.17) is 0 Å². The summed E-state index contributed by atoms with van der Waals surface area (Å²) in [6.45, 7) is 6.11. The fourth-order valence-corrected chi connectivity index (χ4v) is 3.16. The molecule has 1 atom stereocenters. The zero-order valence-corrected chi connectivity index (χ0v) is 14.4. The van der Waals surface area contributed by atoms with Crippen molar-refractivity contribution in [3.05, 3.63) is 53.9 Å². The number of benzene rings is 1. The average Bonchev–Trinajstić information content (AvgIpc) is 2.99. The van der Waals surface area contributed by atoms with Crippen molar-refractivity contribution in [2.75, 3.05) is 19.6 Å². The van der Waals surface area contributed by atoms with Crippen LogP contribution in [0.5, 0.6) is 0 Å². The van der Waals surface area contributed by atoms with Gasteiger partial charge < -0.3 is 10.2 Å². The molecule has 2 aromatic rings. The molecule has 3 rings (SSSR count). The fraction of sp³-hybridized carbons (Fsp3) is 0.444. The van der Waals surface area contributed by atoms with E-state index in [9.17, 15) is 4.79 Å². The highest BCUT2D eigenvalue weighted by Gasteiger charge is 2.27. The van der Waals surface area contributed by atoms with E-state index in [1.165, 1.54) is 5.56 Å². The van der Waals surface area contributed by atoms with Crippen LogP contribution in [0.3, 0.4) is 0 Å². The normalized spacial score (nSPS) is 18.6. The number of amides is 2.